The fraction of sp³-hybridized carbons (Fsp3) is 0.444. The minimum atomic E-state index is -0.407. The zero-order chi connectivity index (χ0) is 15.7. The smallest absolute Gasteiger partial charge is 0.254 e. The third-order valence-corrected chi connectivity index (χ3v) is 4.24. The van der Waals surface area contributed by atoms with E-state index in [0.29, 0.717) is 18.7 Å². The Bertz CT molecular complexity index is 697. The second kappa shape index (κ2) is 6.05. The summed E-state index contributed by atoms with van der Waals surface area (Å²) >= 11 is 0. The second-order valence-electron chi connectivity index (χ2n) is 6.31. The first-order valence-corrected chi connectivity index (χ1v) is 7.93. The first-order valence-electron chi connectivity index (χ1n) is 7.93. The molecule has 1 atom stereocenters. The first kappa shape index (κ1) is 15.0. The van der Waals surface area contributed by atoms with Crippen LogP contribution in [0.25, 0.3) is 10.9 Å². The molecule has 2 aromatic rings. The number of piperidine rings is 1. The van der Waals surface area contributed by atoms with Gasteiger partial charge in [-0.2, -0.15) is 0 Å². The largest absolute Gasteiger partial charge is 0.391 e. The standard InChI is InChI=1S/C18H22N2O2/c1-12(2)17-10-15(14-7-3-4-8-16(14)19-17)18(22)20-9-5-6-13(21)11-20/h3-4,7-8,10,12-13,21H,5-6,9,11H2,1-2H3. The summed E-state index contributed by atoms with van der Waals surface area (Å²) in [4.78, 5) is 19.3. The van der Waals surface area contributed by atoms with E-state index in [1.807, 2.05) is 30.3 Å². The summed E-state index contributed by atoms with van der Waals surface area (Å²) in [6.45, 7) is 5.29. The molecular weight excluding hydrogens is 276 g/mol. The van der Waals surface area contributed by atoms with Gasteiger partial charge in [-0.1, -0.05) is 32.0 Å². The van der Waals surface area contributed by atoms with E-state index < -0.39 is 6.10 Å². The highest BCUT2D eigenvalue weighted by atomic mass is 16.3. The van der Waals surface area contributed by atoms with Crippen LogP contribution in [0, 0.1) is 0 Å². The van der Waals surface area contributed by atoms with Gasteiger partial charge in [0.15, 0.2) is 0 Å². The Labute approximate surface area is 130 Å². The number of β-amino-alcohol motifs (C(OH)–C–C–N with tert-alkyl or cyclic N) is 1. The number of carbonyl (C=O) groups is 1. The van der Waals surface area contributed by atoms with E-state index in [1.165, 1.54) is 0 Å². The van der Waals surface area contributed by atoms with E-state index in [1.54, 1.807) is 4.90 Å². The lowest BCUT2D eigenvalue weighted by Gasteiger charge is -2.30. The summed E-state index contributed by atoms with van der Waals surface area (Å²) in [6, 6.07) is 9.68. The number of hydrogen-bond acceptors (Lipinski definition) is 3. The summed E-state index contributed by atoms with van der Waals surface area (Å²) in [7, 11) is 0. The molecule has 1 fully saturated rings. The number of fused-ring (bicyclic) bond motifs is 1. The number of para-hydroxylation sites is 1. The average molecular weight is 298 g/mol. The normalized spacial score (nSPS) is 18.9. The number of rotatable bonds is 2. The van der Waals surface area contributed by atoms with Crippen molar-refractivity contribution in [3.63, 3.8) is 0 Å². The van der Waals surface area contributed by atoms with Crippen molar-refractivity contribution in [1.82, 2.24) is 9.88 Å². The molecule has 4 heteroatoms. The lowest BCUT2D eigenvalue weighted by atomic mass is 10.0. The molecule has 0 spiro atoms. The Kier molecular flexibility index (Phi) is 4.12. The Morgan fingerprint density at radius 2 is 2.14 bits per heavy atom. The van der Waals surface area contributed by atoms with Gasteiger partial charge in [0, 0.05) is 24.2 Å². The van der Waals surface area contributed by atoms with E-state index in [4.69, 9.17) is 0 Å². The maximum atomic E-state index is 12.9. The van der Waals surface area contributed by atoms with E-state index >= 15 is 0 Å². The van der Waals surface area contributed by atoms with Gasteiger partial charge in [-0.15, -0.1) is 0 Å². The van der Waals surface area contributed by atoms with E-state index in [2.05, 4.69) is 18.8 Å². The van der Waals surface area contributed by atoms with Crippen LogP contribution in [0.2, 0.25) is 0 Å². The number of aromatic nitrogens is 1. The minimum Gasteiger partial charge on any atom is -0.391 e. The van der Waals surface area contributed by atoms with Gasteiger partial charge < -0.3 is 10.0 Å². The number of likely N-dealkylation sites (tertiary alicyclic amines) is 1. The van der Waals surface area contributed by atoms with Crippen LogP contribution in [-0.2, 0) is 0 Å². The van der Waals surface area contributed by atoms with Gasteiger partial charge in [-0.25, -0.2) is 0 Å². The summed E-state index contributed by atoms with van der Waals surface area (Å²) in [5.74, 6) is 0.266. The van der Waals surface area contributed by atoms with Crippen molar-refractivity contribution in [2.45, 2.75) is 38.7 Å². The number of amides is 1. The first-order chi connectivity index (χ1) is 10.6. The quantitative estimate of drug-likeness (QED) is 0.927. The van der Waals surface area contributed by atoms with Gasteiger partial charge in [-0.3, -0.25) is 9.78 Å². The van der Waals surface area contributed by atoms with Crippen LogP contribution in [0.3, 0.4) is 0 Å². The topological polar surface area (TPSA) is 53.4 Å². The third kappa shape index (κ3) is 2.83. The number of benzene rings is 1. The number of pyridine rings is 1. The fourth-order valence-electron chi connectivity index (χ4n) is 2.98. The van der Waals surface area contributed by atoms with Gasteiger partial charge in [0.05, 0.1) is 17.2 Å². The number of carbonyl (C=O) groups excluding carboxylic acids is 1. The fourth-order valence-corrected chi connectivity index (χ4v) is 2.98. The van der Waals surface area contributed by atoms with E-state index in [9.17, 15) is 9.90 Å². The zero-order valence-electron chi connectivity index (χ0n) is 13.1. The van der Waals surface area contributed by atoms with Crippen LogP contribution in [0.15, 0.2) is 30.3 Å². The van der Waals surface area contributed by atoms with Crippen LogP contribution in [0.5, 0.6) is 0 Å². The molecule has 1 saturated heterocycles. The molecule has 0 bridgehead atoms. The van der Waals surface area contributed by atoms with E-state index in [-0.39, 0.29) is 11.8 Å². The summed E-state index contributed by atoms with van der Waals surface area (Å²) in [6.07, 6.45) is 1.22. The summed E-state index contributed by atoms with van der Waals surface area (Å²) in [5.41, 5.74) is 2.48. The Morgan fingerprint density at radius 1 is 1.36 bits per heavy atom. The molecule has 3 rings (SSSR count). The predicted octanol–water partition coefficient (Wildman–Crippen LogP) is 2.96. The predicted molar refractivity (Wildman–Crippen MR) is 87.0 cm³/mol. The van der Waals surface area contributed by atoms with Crippen LogP contribution in [-0.4, -0.2) is 40.1 Å². The van der Waals surface area contributed by atoms with Crippen LogP contribution < -0.4 is 0 Å². The summed E-state index contributed by atoms with van der Waals surface area (Å²) < 4.78 is 0. The second-order valence-corrected chi connectivity index (χ2v) is 6.31. The molecule has 0 aliphatic carbocycles. The minimum absolute atomic E-state index is 0.000694. The highest BCUT2D eigenvalue weighted by Gasteiger charge is 2.25. The maximum absolute atomic E-state index is 12.9. The third-order valence-electron chi connectivity index (χ3n) is 4.24. The van der Waals surface area contributed by atoms with Crippen molar-refractivity contribution in [2.24, 2.45) is 0 Å². The Balaban J connectivity index is 2.06. The SMILES string of the molecule is CC(C)c1cc(C(=O)N2CCCC(O)C2)c2ccccc2n1. The van der Waals surface area contributed by atoms with Crippen molar-refractivity contribution in [2.75, 3.05) is 13.1 Å². The maximum Gasteiger partial charge on any atom is 0.254 e. The number of aliphatic hydroxyl groups is 1. The molecule has 1 unspecified atom stereocenters. The molecule has 1 N–H and O–H groups in total. The summed E-state index contributed by atoms with van der Waals surface area (Å²) in [5, 5.41) is 10.7. The van der Waals surface area contributed by atoms with Gasteiger partial charge in [0.2, 0.25) is 0 Å². The molecule has 2 heterocycles. The highest BCUT2D eigenvalue weighted by Crippen LogP contribution is 2.24. The lowest BCUT2D eigenvalue weighted by Crippen LogP contribution is -2.42. The Hall–Kier alpha value is -1.94. The monoisotopic (exact) mass is 298 g/mol. The van der Waals surface area contributed by atoms with Crippen LogP contribution >= 0.6 is 0 Å². The number of nitrogens with zero attached hydrogens (tertiary/aromatic N) is 2. The number of hydrogen-bond donors (Lipinski definition) is 1. The molecule has 1 aromatic heterocycles. The van der Waals surface area contributed by atoms with Crippen molar-refractivity contribution in [3.05, 3.63) is 41.6 Å². The molecule has 22 heavy (non-hydrogen) atoms. The van der Waals surface area contributed by atoms with Crippen molar-refractivity contribution in [3.8, 4) is 0 Å². The van der Waals surface area contributed by atoms with Crippen molar-refractivity contribution >= 4 is 16.8 Å². The van der Waals surface area contributed by atoms with Crippen molar-refractivity contribution in [1.29, 1.82) is 0 Å². The molecule has 0 saturated carbocycles. The molecule has 116 valence electrons. The van der Waals surface area contributed by atoms with Crippen LogP contribution in [0.4, 0.5) is 0 Å². The van der Waals surface area contributed by atoms with Gasteiger partial charge in [-0.05, 0) is 30.9 Å². The lowest BCUT2D eigenvalue weighted by molar-refractivity contribution is 0.0475. The Morgan fingerprint density at radius 3 is 2.86 bits per heavy atom. The molecular formula is C18H22N2O2. The molecule has 1 aliphatic rings. The average Bonchev–Trinajstić information content (AvgIpc) is 2.53. The molecule has 1 aliphatic heterocycles. The molecule has 1 amide bonds. The van der Waals surface area contributed by atoms with Crippen molar-refractivity contribution < 1.29 is 9.90 Å². The number of aliphatic hydroxyl groups excluding tert-OH is 1. The van der Waals surface area contributed by atoms with Gasteiger partial charge in [0.1, 0.15) is 0 Å². The zero-order valence-corrected chi connectivity index (χ0v) is 13.1. The molecule has 1 aromatic carbocycles. The van der Waals surface area contributed by atoms with Crippen LogP contribution in [0.1, 0.15) is 48.7 Å². The molecule has 4 nitrogen and oxygen atoms in total. The molecule has 0 radical (unpaired) electrons. The van der Waals surface area contributed by atoms with Gasteiger partial charge >= 0.3 is 0 Å². The van der Waals surface area contributed by atoms with Gasteiger partial charge in [0.25, 0.3) is 5.91 Å². The highest BCUT2D eigenvalue weighted by molar-refractivity contribution is 6.06. The van der Waals surface area contributed by atoms with E-state index in [0.717, 1.165) is 29.4 Å².